The van der Waals surface area contributed by atoms with Crippen molar-refractivity contribution in [3.63, 3.8) is 0 Å². The van der Waals surface area contributed by atoms with Gasteiger partial charge in [-0.05, 0) is 82.3 Å². The van der Waals surface area contributed by atoms with Crippen LogP contribution in [0.25, 0.3) is 0 Å². The molecule has 0 unspecified atom stereocenters. The lowest BCUT2D eigenvalue weighted by molar-refractivity contribution is 0.382. The van der Waals surface area contributed by atoms with Crippen LogP contribution < -0.4 is 32.3 Å². The summed E-state index contributed by atoms with van der Waals surface area (Å²) < 4.78 is 214. The van der Waals surface area contributed by atoms with E-state index in [2.05, 4.69) is 0 Å². The Balaban J connectivity index is 2.01. The summed E-state index contributed by atoms with van der Waals surface area (Å²) in [6.45, 7) is 4.43. The molecule has 274 valence electrons. The number of rotatable bonds is 6. The molecule has 0 spiro atoms. The maximum absolute atomic E-state index is 16.7. The normalized spacial score (nSPS) is 11.8. The Kier molecular flexibility index (Phi) is 10.4. The molecule has 0 N–H and O–H groups in total. The van der Waals surface area contributed by atoms with E-state index in [4.69, 9.17) is 0 Å². The van der Waals surface area contributed by atoms with Crippen LogP contribution in [0.4, 0.5) is 61.5 Å². The molecular formula is C36H23BF14P-. The highest BCUT2D eigenvalue weighted by Gasteiger charge is 2.40. The van der Waals surface area contributed by atoms with Crippen LogP contribution in [0.15, 0.2) is 24.3 Å². The molecule has 0 atom stereocenters. The number of hydrogen-bond donors (Lipinski definition) is 0. The second kappa shape index (κ2) is 13.9. The van der Waals surface area contributed by atoms with E-state index in [9.17, 15) is 26.3 Å². The first-order valence-corrected chi connectivity index (χ1v) is 16.5. The van der Waals surface area contributed by atoms with Crippen LogP contribution in [0.5, 0.6) is 0 Å². The summed E-state index contributed by atoms with van der Waals surface area (Å²) in [6.07, 6.45) is 0. The van der Waals surface area contributed by atoms with Gasteiger partial charge < -0.3 is 0 Å². The summed E-state index contributed by atoms with van der Waals surface area (Å²) in [5.74, 6) is -39.1. The minimum atomic E-state index is -5.17. The van der Waals surface area contributed by atoms with Gasteiger partial charge >= 0.3 is 0 Å². The molecule has 0 fully saturated rings. The van der Waals surface area contributed by atoms with E-state index < -0.39 is 118 Å². The van der Waals surface area contributed by atoms with Gasteiger partial charge in [-0.1, -0.05) is 35.4 Å². The lowest BCUT2D eigenvalue weighted by Crippen LogP contribution is -2.61. The van der Waals surface area contributed by atoms with Gasteiger partial charge in [-0.3, -0.25) is 0 Å². The smallest absolute Gasteiger partial charge is 0.200 e. The van der Waals surface area contributed by atoms with Gasteiger partial charge in [0.15, 0.2) is 46.5 Å². The van der Waals surface area contributed by atoms with E-state index >= 15 is 35.1 Å². The van der Waals surface area contributed by atoms with Gasteiger partial charge in [-0.15, -0.1) is 16.4 Å². The van der Waals surface area contributed by atoms with Crippen LogP contribution in [0.3, 0.4) is 0 Å². The van der Waals surface area contributed by atoms with Crippen molar-refractivity contribution in [1.82, 2.24) is 0 Å². The molecule has 52 heavy (non-hydrogen) atoms. The minimum Gasteiger partial charge on any atom is -0.207 e. The summed E-state index contributed by atoms with van der Waals surface area (Å²) in [5.41, 5.74) is -4.35. The fourth-order valence-electron chi connectivity index (χ4n) is 7.01. The molecule has 5 rings (SSSR count). The van der Waals surface area contributed by atoms with Crippen molar-refractivity contribution < 1.29 is 61.5 Å². The average Bonchev–Trinajstić information content (AvgIpc) is 3.06. The molecule has 16 heteroatoms. The highest BCUT2D eigenvalue weighted by atomic mass is 31.1. The highest BCUT2D eigenvalue weighted by Crippen LogP contribution is 2.41. The first-order chi connectivity index (χ1) is 24.1. The molecule has 0 amide bonds. The average molecular weight is 763 g/mol. The van der Waals surface area contributed by atoms with Gasteiger partial charge in [-0.25, -0.2) is 61.5 Å². The van der Waals surface area contributed by atoms with E-state index in [-0.39, 0.29) is 10.6 Å². The van der Waals surface area contributed by atoms with Crippen LogP contribution in [-0.4, -0.2) is 6.71 Å². The molecule has 0 radical (unpaired) electrons. The Morgan fingerprint density at radius 2 is 0.519 bits per heavy atom. The maximum atomic E-state index is 16.7. The zero-order valence-electron chi connectivity index (χ0n) is 27.8. The Labute approximate surface area is 288 Å². The summed E-state index contributed by atoms with van der Waals surface area (Å²) >= 11 is 0. The van der Waals surface area contributed by atoms with Crippen molar-refractivity contribution in [2.75, 3.05) is 0 Å². The highest BCUT2D eigenvalue weighted by molar-refractivity contribution is 7.80. The number of benzene rings is 5. The second-order valence-electron chi connectivity index (χ2n) is 12.5. The molecular weight excluding hydrogens is 740 g/mol. The fourth-order valence-corrected chi connectivity index (χ4v) is 9.94. The Bertz CT molecular complexity index is 2080. The number of aryl methyl sites for hydroxylation is 6. The summed E-state index contributed by atoms with van der Waals surface area (Å²) in [5, 5.41) is -0.918. The third kappa shape index (κ3) is 5.94. The SMILES string of the molecule is Cc1cc(C)c(P(c2c(C)cc(C)cc2C)c2c(F)c(F)c([BH-](c3c(F)c(F)c(F)c(F)c3F)c3c(F)c(F)c(F)c(F)c3F)c(F)c2F)c(C)c1. The zero-order valence-corrected chi connectivity index (χ0v) is 28.6. The number of halogens is 14. The Hall–Kier alpha value is -4.39. The van der Waals surface area contributed by atoms with Crippen molar-refractivity contribution in [3.8, 4) is 0 Å². The molecule has 0 nitrogen and oxygen atoms in total. The van der Waals surface area contributed by atoms with Gasteiger partial charge in [-0.2, -0.15) is 0 Å². The standard InChI is InChI=1S/C36H23BF14P/c1-11-7-13(3)34(14(4)8-11)52(35-15(5)9-12(2)10-16(35)6)36-32(50)24(42)19(25(43)33(36)51)37(17-20(38)26(44)30(48)27(45)21(17)39)18-22(40)28(46)31(49)29(47)23(18)41/h7-10,37H,1-6H3/q-1. The van der Waals surface area contributed by atoms with Gasteiger partial charge in [0.2, 0.25) is 0 Å². The molecule has 0 aliphatic rings. The lowest BCUT2D eigenvalue weighted by Gasteiger charge is -2.32. The third-order valence-electron chi connectivity index (χ3n) is 8.93. The van der Waals surface area contributed by atoms with Crippen molar-refractivity contribution in [2.24, 2.45) is 0 Å². The van der Waals surface area contributed by atoms with Crippen LogP contribution in [-0.2, 0) is 0 Å². The first kappa shape index (κ1) is 38.8. The molecule has 5 aromatic rings. The van der Waals surface area contributed by atoms with Crippen molar-refractivity contribution in [3.05, 3.63) is 139 Å². The van der Waals surface area contributed by atoms with E-state index in [0.29, 0.717) is 33.4 Å². The van der Waals surface area contributed by atoms with Gasteiger partial charge in [0.25, 0.3) is 0 Å². The van der Waals surface area contributed by atoms with E-state index in [1.807, 2.05) is 0 Å². The summed E-state index contributed by atoms with van der Waals surface area (Å²) in [4.78, 5) is 0. The number of hydrogen-bond acceptors (Lipinski definition) is 0. The molecule has 0 aliphatic heterocycles. The molecule has 0 aromatic heterocycles. The maximum Gasteiger partial charge on any atom is 0.200 e. The molecule has 5 aromatic carbocycles. The molecule has 0 saturated carbocycles. The predicted octanol–water partition coefficient (Wildman–Crippen LogP) is 7.49. The molecule has 0 heterocycles. The summed E-state index contributed by atoms with van der Waals surface area (Å²) in [7, 11) is -2.68. The van der Waals surface area contributed by atoms with Crippen molar-refractivity contribution in [1.29, 1.82) is 0 Å². The van der Waals surface area contributed by atoms with Crippen LogP contribution in [0.2, 0.25) is 0 Å². The van der Waals surface area contributed by atoms with Crippen molar-refractivity contribution >= 4 is 46.9 Å². The van der Waals surface area contributed by atoms with Gasteiger partial charge in [0.05, 0.1) is 12.0 Å². The minimum absolute atomic E-state index is 0.198. The van der Waals surface area contributed by atoms with Gasteiger partial charge in [0.1, 0.15) is 34.9 Å². The third-order valence-corrected chi connectivity index (χ3v) is 12.1. The monoisotopic (exact) mass is 763 g/mol. The lowest BCUT2D eigenvalue weighted by atomic mass is 9.36. The quantitative estimate of drug-likeness (QED) is 0.0554. The van der Waals surface area contributed by atoms with Crippen LogP contribution >= 0.6 is 7.92 Å². The van der Waals surface area contributed by atoms with E-state index in [0.717, 1.165) is 0 Å². The van der Waals surface area contributed by atoms with Gasteiger partial charge in [0, 0.05) is 0 Å². The van der Waals surface area contributed by atoms with E-state index in [1.54, 1.807) is 65.8 Å². The fraction of sp³-hybridized carbons (Fsp3) is 0.167. The molecule has 0 saturated heterocycles. The van der Waals surface area contributed by atoms with E-state index in [1.165, 1.54) is 0 Å². The Morgan fingerprint density at radius 1 is 0.308 bits per heavy atom. The molecule has 0 aliphatic carbocycles. The topological polar surface area (TPSA) is 0 Å². The predicted molar refractivity (Wildman–Crippen MR) is 172 cm³/mol. The summed E-state index contributed by atoms with van der Waals surface area (Å²) in [6, 6.07) is 6.44. The molecule has 0 bridgehead atoms. The van der Waals surface area contributed by atoms with Crippen LogP contribution in [0, 0.1) is 123 Å². The first-order valence-electron chi connectivity index (χ1n) is 15.2. The Morgan fingerprint density at radius 3 is 0.769 bits per heavy atom. The second-order valence-corrected chi connectivity index (χ2v) is 14.6. The zero-order chi connectivity index (χ0) is 39.0. The van der Waals surface area contributed by atoms with Crippen molar-refractivity contribution in [2.45, 2.75) is 41.5 Å². The largest absolute Gasteiger partial charge is 0.207 e. The van der Waals surface area contributed by atoms with Crippen LogP contribution in [0.1, 0.15) is 33.4 Å².